The van der Waals surface area contributed by atoms with E-state index in [2.05, 4.69) is 11.9 Å². The van der Waals surface area contributed by atoms with Crippen LogP contribution in [0.2, 0.25) is 0 Å². The molecule has 0 aliphatic carbocycles. The molecule has 0 aromatic rings. The van der Waals surface area contributed by atoms with Crippen molar-refractivity contribution < 1.29 is 19.1 Å². The summed E-state index contributed by atoms with van der Waals surface area (Å²) < 4.78 is 9.76. The summed E-state index contributed by atoms with van der Waals surface area (Å²) >= 11 is 0. The van der Waals surface area contributed by atoms with E-state index in [-0.39, 0.29) is 12.5 Å². The molecule has 0 aliphatic rings. The number of carbonyl (C=O) groups is 2. The molecule has 1 atom stereocenters. The van der Waals surface area contributed by atoms with Gasteiger partial charge in [0.1, 0.15) is 12.6 Å². The number of methoxy groups -OCH3 is 1. The van der Waals surface area contributed by atoms with Crippen LogP contribution in [0, 0.1) is 0 Å². The normalized spacial score (nSPS) is 11.9. The van der Waals surface area contributed by atoms with Gasteiger partial charge in [0.25, 0.3) is 0 Å². The predicted octanol–water partition coefficient (Wildman–Crippen LogP) is -0.414. The van der Waals surface area contributed by atoms with Gasteiger partial charge in [-0.15, -0.1) is 6.58 Å². The number of carbonyl (C=O) groups excluding carboxylic acids is 2. The Balaban J connectivity index is 3.96. The summed E-state index contributed by atoms with van der Waals surface area (Å²) in [6, 6.07) is -0.731. The zero-order valence-corrected chi connectivity index (χ0v) is 10.3. The topological polar surface area (TPSA) is 90.7 Å². The van der Waals surface area contributed by atoms with Gasteiger partial charge in [0, 0.05) is 7.11 Å². The first kappa shape index (κ1) is 15.6. The fourth-order valence-electron chi connectivity index (χ4n) is 1.11. The lowest BCUT2D eigenvalue weighted by Crippen LogP contribution is -2.45. The molecule has 6 nitrogen and oxygen atoms in total. The highest BCUT2D eigenvalue weighted by Gasteiger charge is 2.17. The molecule has 0 aromatic heterocycles. The SMILES string of the molecule is C=C(C)C[C@H](NC(=O)COCCOC)C(N)=O. The minimum atomic E-state index is -0.731. The second-order valence-electron chi connectivity index (χ2n) is 3.73. The van der Waals surface area contributed by atoms with Crippen molar-refractivity contribution in [2.24, 2.45) is 5.73 Å². The van der Waals surface area contributed by atoms with Crippen LogP contribution in [-0.4, -0.2) is 44.8 Å². The Morgan fingerprint density at radius 1 is 1.41 bits per heavy atom. The van der Waals surface area contributed by atoms with Crippen LogP contribution in [0.15, 0.2) is 12.2 Å². The standard InChI is InChI=1S/C11H20N2O4/c1-8(2)6-9(11(12)15)13-10(14)7-17-5-4-16-3/h9H,1,4-7H2,2-3H3,(H2,12,15)(H,13,14)/t9-/m0/s1. The molecule has 0 unspecified atom stereocenters. The summed E-state index contributed by atoms with van der Waals surface area (Å²) in [5, 5.41) is 2.48. The Labute approximate surface area is 101 Å². The summed E-state index contributed by atoms with van der Waals surface area (Å²) in [5.41, 5.74) is 5.93. The van der Waals surface area contributed by atoms with Crippen LogP contribution in [0.5, 0.6) is 0 Å². The summed E-state index contributed by atoms with van der Waals surface area (Å²) in [6.45, 7) is 6.04. The van der Waals surface area contributed by atoms with Gasteiger partial charge in [0.15, 0.2) is 0 Å². The zero-order valence-electron chi connectivity index (χ0n) is 10.3. The molecule has 2 amide bonds. The predicted molar refractivity (Wildman–Crippen MR) is 63.3 cm³/mol. The summed E-state index contributed by atoms with van der Waals surface area (Å²) in [5.74, 6) is -0.968. The highest BCUT2D eigenvalue weighted by Crippen LogP contribution is 2.01. The van der Waals surface area contributed by atoms with Crippen LogP contribution in [0.3, 0.4) is 0 Å². The Hall–Kier alpha value is -1.40. The van der Waals surface area contributed by atoms with Crippen molar-refractivity contribution in [3.05, 3.63) is 12.2 Å². The minimum absolute atomic E-state index is 0.122. The second kappa shape index (κ2) is 8.72. The van der Waals surface area contributed by atoms with Gasteiger partial charge in [-0.05, 0) is 13.3 Å². The summed E-state index contributed by atoms with van der Waals surface area (Å²) in [7, 11) is 1.54. The van der Waals surface area contributed by atoms with Crippen molar-refractivity contribution in [3.8, 4) is 0 Å². The average Bonchev–Trinajstić information content (AvgIpc) is 2.22. The van der Waals surface area contributed by atoms with E-state index in [0.717, 1.165) is 5.57 Å². The lowest BCUT2D eigenvalue weighted by molar-refractivity contribution is -0.130. The number of amides is 2. The van der Waals surface area contributed by atoms with Crippen molar-refractivity contribution >= 4 is 11.8 Å². The monoisotopic (exact) mass is 244 g/mol. The fourth-order valence-corrected chi connectivity index (χ4v) is 1.11. The number of nitrogens with one attached hydrogen (secondary N) is 1. The number of nitrogens with two attached hydrogens (primary N) is 1. The molecule has 6 heteroatoms. The first-order chi connectivity index (χ1) is 7.97. The molecule has 0 spiro atoms. The third-order valence-corrected chi connectivity index (χ3v) is 1.90. The fraction of sp³-hybridized carbons (Fsp3) is 0.636. The van der Waals surface area contributed by atoms with Crippen LogP contribution >= 0.6 is 0 Å². The molecule has 0 aromatic carbocycles. The van der Waals surface area contributed by atoms with Crippen molar-refractivity contribution in [1.82, 2.24) is 5.32 Å². The van der Waals surface area contributed by atoms with Gasteiger partial charge in [-0.25, -0.2) is 0 Å². The quantitative estimate of drug-likeness (QED) is 0.426. The van der Waals surface area contributed by atoms with E-state index < -0.39 is 11.9 Å². The number of rotatable bonds is 9. The Kier molecular flexibility index (Phi) is 8.00. The molecule has 0 fully saturated rings. The largest absolute Gasteiger partial charge is 0.382 e. The van der Waals surface area contributed by atoms with E-state index in [0.29, 0.717) is 19.6 Å². The first-order valence-corrected chi connectivity index (χ1v) is 5.27. The molecule has 0 saturated heterocycles. The maximum atomic E-state index is 11.4. The molecule has 98 valence electrons. The van der Waals surface area contributed by atoms with E-state index in [1.54, 1.807) is 14.0 Å². The second-order valence-corrected chi connectivity index (χ2v) is 3.73. The van der Waals surface area contributed by atoms with Gasteiger partial charge >= 0.3 is 0 Å². The molecule has 0 radical (unpaired) electrons. The summed E-state index contributed by atoms with van der Waals surface area (Å²) in [4.78, 5) is 22.4. The van der Waals surface area contributed by atoms with Gasteiger partial charge in [-0.2, -0.15) is 0 Å². The van der Waals surface area contributed by atoms with Crippen LogP contribution in [0.1, 0.15) is 13.3 Å². The lowest BCUT2D eigenvalue weighted by Gasteiger charge is -2.15. The van der Waals surface area contributed by atoms with Crippen molar-refractivity contribution in [3.63, 3.8) is 0 Å². The van der Waals surface area contributed by atoms with E-state index in [4.69, 9.17) is 15.2 Å². The molecular weight excluding hydrogens is 224 g/mol. The zero-order chi connectivity index (χ0) is 13.3. The van der Waals surface area contributed by atoms with Crippen LogP contribution in [0.4, 0.5) is 0 Å². The lowest BCUT2D eigenvalue weighted by atomic mass is 10.1. The number of ether oxygens (including phenoxy) is 2. The van der Waals surface area contributed by atoms with E-state index in [1.165, 1.54) is 0 Å². The molecule has 0 rings (SSSR count). The summed E-state index contributed by atoms with van der Waals surface area (Å²) in [6.07, 6.45) is 0.332. The first-order valence-electron chi connectivity index (χ1n) is 5.27. The van der Waals surface area contributed by atoms with Gasteiger partial charge in [-0.1, -0.05) is 5.57 Å². The highest BCUT2D eigenvalue weighted by atomic mass is 16.5. The van der Waals surface area contributed by atoms with E-state index in [1.807, 2.05) is 0 Å². The van der Waals surface area contributed by atoms with Crippen molar-refractivity contribution in [1.29, 1.82) is 0 Å². The Morgan fingerprint density at radius 3 is 2.53 bits per heavy atom. The van der Waals surface area contributed by atoms with Crippen LogP contribution < -0.4 is 11.1 Å². The van der Waals surface area contributed by atoms with E-state index >= 15 is 0 Å². The number of primary amides is 1. The third-order valence-electron chi connectivity index (χ3n) is 1.90. The Morgan fingerprint density at radius 2 is 2.06 bits per heavy atom. The maximum Gasteiger partial charge on any atom is 0.246 e. The van der Waals surface area contributed by atoms with Crippen LogP contribution in [0.25, 0.3) is 0 Å². The molecule has 17 heavy (non-hydrogen) atoms. The van der Waals surface area contributed by atoms with E-state index in [9.17, 15) is 9.59 Å². The smallest absolute Gasteiger partial charge is 0.246 e. The van der Waals surface area contributed by atoms with Crippen molar-refractivity contribution in [2.75, 3.05) is 26.9 Å². The number of hydrogen-bond donors (Lipinski definition) is 2. The molecule has 0 heterocycles. The molecule has 0 bridgehead atoms. The molecule has 0 aliphatic heterocycles. The van der Waals surface area contributed by atoms with Crippen LogP contribution in [-0.2, 0) is 19.1 Å². The van der Waals surface area contributed by atoms with Gasteiger partial charge in [0.2, 0.25) is 11.8 Å². The third kappa shape index (κ3) is 8.41. The van der Waals surface area contributed by atoms with Gasteiger partial charge in [0.05, 0.1) is 13.2 Å². The molecular formula is C11H20N2O4. The highest BCUT2D eigenvalue weighted by molar-refractivity contribution is 5.87. The van der Waals surface area contributed by atoms with Gasteiger partial charge in [-0.3, -0.25) is 9.59 Å². The number of hydrogen-bond acceptors (Lipinski definition) is 4. The maximum absolute atomic E-state index is 11.4. The molecule has 0 saturated carbocycles. The molecule has 3 N–H and O–H groups in total. The Bertz CT molecular complexity index is 279. The van der Waals surface area contributed by atoms with Crippen molar-refractivity contribution in [2.45, 2.75) is 19.4 Å². The average molecular weight is 244 g/mol. The minimum Gasteiger partial charge on any atom is -0.382 e. The van der Waals surface area contributed by atoms with Gasteiger partial charge < -0.3 is 20.5 Å².